The van der Waals surface area contributed by atoms with Crippen LogP contribution in [0.2, 0.25) is 0 Å². The standard InChI is InChI=1S/C17H17N3OS2/c1-11-10-15(12(2)22-11)16(21)19-13-4-6-14(7-5-13)23-17-18-8-9-20(17)3/h4-10H,1-3H3,(H,19,21). The van der Waals surface area contributed by atoms with Gasteiger partial charge in [0.15, 0.2) is 5.16 Å². The molecule has 1 N–H and O–H groups in total. The second-order valence-corrected chi connectivity index (χ2v) is 7.73. The van der Waals surface area contributed by atoms with Gasteiger partial charge in [-0.2, -0.15) is 0 Å². The first kappa shape index (κ1) is 15.8. The maximum absolute atomic E-state index is 12.3. The summed E-state index contributed by atoms with van der Waals surface area (Å²) in [7, 11) is 1.97. The van der Waals surface area contributed by atoms with Crippen LogP contribution in [0, 0.1) is 13.8 Å². The number of nitrogens with one attached hydrogen (secondary N) is 1. The number of carbonyl (C=O) groups excluding carboxylic acids is 1. The Hall–Kier alpha value is -2.05. The number of benzene rings is 1. The molecule has 0 aliphatic rings. The lowest BCUT2D eigenvalue weighted by Gasteiger charge is -2.06. The molecule has 0 fully saturated rings. The van der Waals surface area contributed by atoms with Gasteiger partial charge < -0.3 is 9.88 Å². The van der Waals surface area contributed by atoms with Crippen molar-refractivity contribution in [2.24, 2.45) is 7.05 Å². The van der Waals surface area contributed by atoms with Crippen LogP contribution in [-0.2, 0) is 7.05 Å². The second kappa shape index (κ2) is 6.60. The Morgan fingerprint density at radius 1 is 1.26 bits per heavy atom. The fourth-order valence-corrected chi connectivity index (χ4v) is 3.94. The molecule has 3 rings (SSSR count). The quantitative estimate of drug-likeness (QED) is 0.758. The van der Waals surface area contributed by atoms with Gasteiger partial charge in [-0.15, -0.1) is 11.3 Å². The van der Waals surface area contributed by atoms with Crippen molar-refractivity contribution in [1.29, 1.82) is 0 Å². The van der Waals surface area contributed by atoms with Gasteiger partial charge in [-0.1, -0.05) is 11.8 Å². The predicted octanol–water partition coefficient (Wildman–Crippen LogP) is 4.50. The van der Waals surface area contributed by atoms with Crippen LogP contribution in [0.4, 0.5) is 5.69 Å². The molecular weight excluding hydrogens is 326 g/mol. The molecule has 0 atom stereocenters. The molecule has 0 aliphatic heterocycles. The highest BCUT2D eigenvalue weighted by atomic mass is 32.2. The van der Waals surface area contributed by atoms with Crippen molar-refractivity contribution in [2.75, 3.05) is 5.32 Å². The Labute approximate surface area is 143 Å². The van der Waals surface area contributed by atoms with Gasteiger partial charge in [-0.05, 0) is 44.2 Å². The fraction of sp³-hybridized carbons (Fsp3) is 0.176. The number of hydrogen-bond donors (Lipinski definition) is 1. The highest BCUT2D eigenvalue weighted by Crippen LogP contribution is 2.27. The molecule has 0 bridgehead atoms. The average molecular weight is 343 g/mol. The molecule has 0 radical (unpaired) electrons. The van der Waals surface area contributed by atoms with Crippen LogP contribution >= 0.6 is 23.1 Å². The largest absolute Gasteiger partial charge is 0.329 e. The first-order chi connectivity index (χ1) is 11.0. The van der Waals surface area contributed by atoms with Crippen LogP contribution in [0.25, 0.3) is 0 Å². The lowest BCUT2D eigenvalue weighted by atomic mass is 10.2. The third-order valence-electron chi connectivity index (χ3n) is 3.38. The Bertz CT molecular complexity index is 834. The molecule has 1 aromatic carbocycles. The molecule has 0 saturated heterocycles. The van der Waals surface area contributed by atoms with Gasteiger partial charge in [0, 0.05) is 39.8 Å². The molecule has 0 unspecified atom stereocenters. The van der Waals surface area contributed by atoms with Crippen LogP contribution < -0.4 is 5.32 Å². The van der Waals surface area contributed by atoms with E-state index in [0.717, 1.165) is 31.1 Å². The molecule has 2 heterocycles. The summed E-state index contributed by atoms with van der Waals surface area (Å²) < 4.78 is 1.97. The zero-order valence-electron chi connectivity index (χ0n) is 13.2. The van der Waals surface area contributed by atoms with Gasteiger partial charge in [0.1, 0.15) is 0 Å². The fourth-order valence-electron chi connectivity index (χ4n) is 2.22. The number of amides is 1. The minimum atomic E-state index is -0.0589. The number of anilines is 1. The highest BCUT2D eigenvalue weighted by Gasteiger charge is 2.12. The molecule has 6 heteroatoms. The van der Waals surface area contributed by atoms with Crippen LogP contribution in [0.3, 0.4) is 0 Å². The van der Waals surface area contributed by atoms with Gasteiger partial charge in [0.05, 0.1) is 5.56 Å². The zero-order valence-corrected chi connectivity index (χ0v) is 14.8. The van der Waals surface area contributed by atoms with Crippen molar-refractivity contribution >= 4 is 34.7 Å². The van der Waals surface area contributed by atoms with E-state index in [2.05, 4.69) is 10.3 Å². The van der Waals surface area contributed by atoms with Crippen LogP contribution in [0.15, 0.2) is 52.8 Å². The van der Waals surface area contributed by atoms with Gasteiger partial charge in [-0.25, -0.2) is 4.98 Å². The number of thiophene rings is 1. The maximum atomic E-state index is 12.3. The zero-order chi connectivity index (χ0) is 16.4. The molecule has 4 nitrogen and oxygen atoms in total. The molecule has 118 valence electrons. The lowest BCUT2D eigenvalue weighted by molar-refractivity contribution is 0.102. The molecule has 2 aromatic heterocycles. The molecule has 0 saturated carbocycles. The minimum Gasteiger partial charge on any atom is -0.329 e. The Kier molecular flexibility index (Phi) is 4.54. The van der Waals surface area contributed by atoms with E-state index in [1.807, 2.05) is 62.0 Å². The summed E-state index contributed by atoms with van der Waals surface area (Å²) >= 11 is 3.23. The van der Waals surface area contributed by atoms with E-state index >= 15 is 0 Å². The average Bonchev–Trinajstić information content (AvgIpc) is 3.07. The Morgan fingerprint density at radius 3 is 2.57 bits per heavy atom. The number of imidazole rings is 1. The van der Waals surface area contributed by atoms with Crippen molar-refractivity contribution in [3.05, 3.63) is 58.0 Å². The van der Waals surface area contributed by atoms with E-state index in [1.165, 1.54) is 0 Å². The van der Waals surface area contributed by atoms with Gasteiger partial charge in [-0.3, -0.25) is 4.79 Å². The third-order valence-corrected chi connectivity index (χ3v) is 5.43. The monoisotopic (exact) mass is 343 g/mol. The van der Waals surface area contributed by atoms with Gasteiger partial charge in [0.2, 0.25) is 0 Å². The van der Waals surface area contributed by atoms with E-state index < -0.39 is 0 Å². The maximum Gasteiger partial charge on any atom is 0.256 e. The minimum absolute atomic E-state index is 0.0589. The first-order valence-corrected chi connectivity index (χ1v) is 8.80. The summed E-state index contributed by atoms with van der Waals surface area (Å²) in [6.07, 6.45) is 3.70. The summed E-state index contributed by atoms with van der Waals surface area (Å²) in [4.78, 5) is 19.9. The lowest BCUT2D eigenvalue weighted by Crippen LogP contribution is -2.11. The molecular formula is C17H17N3OS2. The van der Waals surface area contributed by atoms with Crippen molar-refractivity contribution in [1.82, 2.24) is 9.55 Å². The van der Waals surface area contributed by atoms with E-state index in [-0.39, 0.29) is 5.91 Å². The molecule has 1 amide bonds. The number of hydrogen-bond acceptors (Lipinski definition) is 4. The molecule has 0 spiro atoms. The van der Waals surface area contributed by atoms with E-state index in [1.54, 1.807) is 29.3 Å². The number of rotatable bonds is 4. The van der Waals surface area contributed by atoms with Gasteiger partial charge >= 0.3 is 0 Å². The number of nitrogens with zero attached hydrogens (tertiary/aromatic N) is 2. The summed E-state index contributed by atoms with van der Waals surface area (Å²) in [6, 6.07) is 9.73. The molecule has 0 aliphatic carbocycles. The molecule has 3 aromatic rings. The van der Waals surface area contributed by atoms with Crippen molar-refractivity contribution in [3.63, 3.8) is 0 Å². The normalized spacial score (nSPS) is 10.7. The van der Waals surface area contributed by atoms with E-state index in [0.29, 0.717) is 0 Å². The topological polar surface area (TPSA) is 46.9 Å². The summed E-state index contributed by atoms with van der Waals surface area (Å²) in [5, 5.41) is 3.88. The summed E-state index contributed by atoms with van der Waals surface area (Å²) in [5.41, 5.74) is 1.54. The van der Waals surface area contributed by atoms with Gasteiger partial charge in [0.25, 0.3) is 5.91 Å². The van der Waals surface area contributed by atoms with Crippen molar-refractivity contribution in [2.45, 2.75) is 23.9 Å². The summed E-state index contributed by atoms with van der Waals surface area (Å²) in [5.74, 6) is -0.0589. The SMILES string of the molecule is Cc1cc(C(=O)Nc2ccc(Sc3nccn3C)cc2)c(C)s1. The van der Waals surface area contributed by atoms with E-state index in [9.17, 15) is 4.79 Å². The second-order valence-electron chi connectivity index (χ2n) is 5.23. The smallest absolute Gasteiger partial charge is 0.256 e. The van der Waals surface area contributed by atoms with Crippen LogP contribution in [0.1, 0.15) is 20.1 Å². The third kappa shape index (κ3) is 3.65. The Balaban J connectivity index is 1.69. The van der Waals surface area contributed by atoms with Crippen molar-refractivity contribution in [3.8, 4) is 0 Å². The Morgan fingerprint density at radius 2 is 2.00 bits per heavy atom. The highest BCUT2D eigenvalue weighted by molar-refractivity contribution is 7.99. The van der Waals surface area contributed by atoms with E-state index in [4.69, 9.17) is 0 Å². The van der Waals surface area contributed by atoms with Crippen molar-refractivity contribution < 1.29 is 4.79 Å². The summed E-state index contributed by atoms with van der Waals surface area (Å²) in [6.45, 7) is 3.98. The first-order valence-electron chi connectivity index (χ1n) is 7.16. The number of aromatic nitrogens is 2. The molecule has 23 heavy (non-hydrogen) atoms. The number of carbonyl (C=O) groups is 1. The number of aryl methyl sites for hydroxylation is 3. The van der Waals surface area contributed by atoms with Crippen LogP contribution in [0.5, 0.6) is 0 Å². The predicted molar refractivity (Wildman–Crippen MR) is 95.5 cm³/mol. The van der Waals surface area contributed by atoms with Crippen LogP contribution in [-0.4, -0.2) is 15.5 Å².